The zero-order chi connectivity index (χ0) is 14.6. The predicted molar refractivity (Wildman–Crippen MR) is 80.5 cm³/mol. The lowest BCUT2D eigenvalue weighted by atomic mass is 9.89. The molecule has 1 aromatic heterocycles. The highest BCUT2D eigenvalue weighted by atomic mass is 16.2. The van der Waals surface area contributed by atoms with E-state index in [2.05, 4.69) is 33.5 Å². The second kappa shape index (κ2) is 6.22. The number of hydrogen-bond donors (Lipinski definition) is 2. The van der Waals surface area contributed by atoms with Gasteiger partial charge in [-0.1, -0.05) is 6.07 Å². The van der Waals surface area contributed by atoms with Crippen molar-refractivity contribution in [3.63, 3.8) is 0 Å². The number of carbonyl (C=O) groups is 1. The van der Waals surface area contributed by atoms with Gasteiger partial charge in [0.15, 0.2) is 0 Å². The molecule has 1 fully saturated rings. The molecule has 1 aromatic rings. The number of likely N-dealkylation sites (tertiary alicyclic amines) is 1. The molecule has 2 rings (SSSR count). The van der Waals surface area contributed by atoms with Crippen LogP contribution in [0.2, 0.25) is 0 Å². The van der Waals surface area contributed by atoms with Crippen LogP contribution in [0, 0.1) is 5.41 Å². The van der Waals surface area contributed by atoms with Crippen LogP contribution in [-0.4, -0.2) is 42.5 Å². The Kier molecular flexibility index (Phi) is 4.60. The van der Waals surface area contributed by atoms with Crippen molar-refractivity contribution in [3.8, 4) is 0 Å². The molecule has 0 radical (unpaired) electrons. The Morgan fingerprint density at radius 2 is 2.35 bits per heavy atom. The molecular formula is C15H24N4O. The molecule has 0 bridgehead atoms. The summed E-state index contributed by atoms with van der Waals surface area (Å²) >= 11 is 0. The third-order valence-electron chi connectivity index (χ3n) is 3.96. The number of nitrogens with one attached hydrogen (secondary N) is 2. The first-order chi connectivity index (χ1) is 9.59. The Morgan fingerprint density at radius 3 is 3.05 bits per heavy atom. The number of aromatic nitrogens is 1. The van der Waals surface area contributed by atoms with Gasteiger partial charge < -0.3 is 10.6 Å². The van der Waals surface area contributed by atoms with Crippen molar-refractivity contribution >= 4 is 11.7 Å². The predicted octanol–water partition coefficient (Wildman–Crippen LogP) is 1.47. The second-order valence-corrected chi connectivity index (χ2v) is 5.64. The molecule has 2 heterocycles. The summed E-state index contributed by atoms with van der Waals surface area (Å²) in [6.45, 7) is 7.55. The molecule has 1 saturated heterocycles. The molecule has 0 spiro atoms. The molecule has 0 aromatic carbocycles. The maximum atomic E-state index is 11.9. The topological polar surface area (TPSA) is 57.3 Å². The van der Waals surface area contributed by atoms with E-state index >= 15 is 0 Å². The van der Waals surface area contributed by atoms with E-state index in [0.29, 0.717) is 0 Å². The van der Waals surface area contributed by atoms with Crippen molar-refractivity contribution in [2.75, 3.05) is 32.0 Å². The van der Waals surface area contributed by atoms with E-state index in [9.17, 15) is 4.79 Å². The van der Waals surface area contributed by atoms with Gasteiger partial charge in [0.25, 0.3) is 0 Å². The van der Waals surface area contributed by atoms with Crippen molar-refractivity contribution in [2.24, 2.45) is 5.41 Å². The standard InChI is InChI=1S/C15H24N4O/c1-4-17-13-12(6-5-8-18-13)10-19-9-7-15(2,11-19)14(20)16-3/h5-6,8H,4,7,9-11H2,1-3H3,(H,16,20)(H,17,18). The largest absolute Gasteiger partial charge is 0.370 e. The van der Waals surface area contributed by atoms with Gasteiger partial charge in [0.1, 0.15) is 5.82 Å². The van der Waals surface area contributed by atoms with Crippen molar-refractivity contribution in [1.82, 2.24) is 15.2 Å². The molecule has 1 aliphatic heterocycles. The summed E-state index contributed by atoms with van der Waals surface area (Å²) in [5.41, 5.74) is 0.922. The molecule has 1 atom stereocenters. The third-order valence-corrected chi connectivity index (χ3v) is 3.96. The van der Waals surface area contributed by atoms with Crippen LogP contribution in [0.3, 0.4) is 0 Å². The Bertz CT molecular complexity index is 477. The summed E-state index contributed by atoms with van der Waals surface area (Å²) in [4.78, 5) is 18.6. The van der Waals surface area contributed by atoms with Gasteiger partial charge in [-0.15, -0.1) is 0 Å². The third kappa shape index (κ3) is 3.10. The zero-order valence-corrected chi connectivity index (χ0v) is 12.6. The normalized spacial score (nSPS) is 22.8. The highest BCUT2D eigenvalue weighted by Crippen LogP contribution is 2.31. The van der Waals surface area contributed by atoms with Crippen LogP contribution in [0.4, 0.5) is 5.82 Å². The first kappa shape index (κ1) is 14.8. The van der Waals surface area contributed by atoms with Gasteiger partial charge in [-0.3, -0.25) is 9.69 Å². The molecule has 2 N–H and O–H groups in total. The van der Waals surface area contributed by atoms with Crippen LogP contribution in [0.15, 0.2) is 18.3 Å². The fourth-order valence-electron chi connectivity index (χ4n) is 2.81. The summed E-state index contributed by atoms with van der Waals surface area (Å²) in [6.07, 6.45) is 2.71. The van der Waals surface area contributed by atoms with Crippen LogP contribution in [0.5, 0.6) is 0 Å². The van der Waals surface area contributed by atoms with Gasteiger partial charge in [0, 0.05) is 38.4 Å². The summed E-state index contributed by atoms with van der Waals surface area (Å²) in [7, 11) is 1.71. The average Bonchev–Trinajstić information content (AvgIpc) is 2.83. The van der Waals surface area contributed by atoms with Gasteiger partial charge in [-0.25, -0.2) is 4.98 Å². The highest BCUT2D eigenvalue weighted by molar-refractivity contribution is 5.82. The molecule has 1 amide bonds. The van der Waals surface area contributed by atoms with Gasteiger partial charge >= 0.3 is 0 Å². The Labute approximate surface area is 120 Å². The van der Waals surface area contributed by atoms with E-state index in [1.807, 2.05) is 13.0 Å². The van der Waals surface area contributed by atoms with Crippen molar-refractivity contribution in [1.29, 1.82) is 0 Å². The molecule has 0 saturated carbocycles. The van der Waals surface area contributed by atoms with Crippen LogP contribution in [-0.2, 0) is 11.3 Å². The fourth-order valence-corrected chi connectivity index (χ4v) is 2.81. The van der Waals surface area contributed by atoms with Crippen molar-refractivity contribution < 1.29 is 4.79 Å². The molecular weight excluding hydrogens is 252 g/mol. The number of amides is 1. The molecule has 5 heteroatoms. The average molecular weight is 276 g/mol. The lowest BCUT2D eigenvalue weighted by molar-refractivity contribution is -0.129. The Hall–Kier alpha value is -1.62. The van der Waals surface area contributed by atoms with Crippen molar-refractivity contribution in [3.05, 3.63) is 23.9 Å². The van der Waals surface area contributed by atoms with E-state index in [4.69, 9.17) is 0 Å². The lowest BCUT2D eigenvalue weighted by Gasteiger charge is -2.23. The fraction of sp³-hybridized carbons (Fsp3) is 0.600. The van der Waals surface area contributed by atoms with E-state index in [0.717, 1.165) is 38.4 Å². The smallest absolute Gasteiger partial charge is 0.227 e. The van der Waals surface area contributed by atoms with Gasteiger partial charge in [-0.05, 0) is 32.9 Å². The summed E-state index contributed by atoms with van der Waals surface area (Å²) in [5, 5.41) is 6.06. The van der Waals surface area contributed by atoms with E-state index in [-0.39, 0.29) is 11.3 Å². The van der Waals surface area contributed by atoms with Gasteiger partial charge in [0.2, 0.25) is 5.91 Å². The van der Waals surface area contributed by atoms with Crippen molar-refractivity contribution in [2.45, 2.75) is 26.8 Å². The summed E-state index contributed by atoms with van der Waals surface area (Å²) in [5.74, 6) is 1.08. The van der Waals surface area contributed by atoms with E-state index in [1.54, 1.807) is 13.2 Å². The van der Waals surface area contributed by atoms with Gasteiger partial charge in [0.05, 0.1) is 5.41 Å². The number of rotatable bonds is 5. The van der Waals surface area contributed by atoms with Gasteiger partial charge in [-0.2, -0.15) is 0 Å². The molecule has 20 heavy (non-hydrogen) atoms. The van der Waals surface area contributed by atoms with Crippen LogP contribution in [0.1, 0.15) is 25.8 Å². The lowest BCUT2D eigenvalue weighted by Crippen LogP contribution is -2.39. The number of carbonyl (C=O) groups excluding carboxylic acids is 1. The van der Waals surface area contributed by atoms with E-state index < -0.39 is 0 Å². The number of hydrogen-bond acceptors (Lipinski definition) is 4. The van der Waals surface area contributed by atoms with Crippen LogP contribution in [0.25, 0.3) is 0 Å². The van der Waals surface area contributed by atoms with Crippen LogP contribution < -0.4 is 10.6 Å². The number of nitrogens with zero attached hydrogens (tertiary/aromatic N) is 2. The summed E-state index contributed by atoms with van der Waals surface area (Å²) < 4.78 is 0. The van der Waals surface area contributed by atoms with Crippen LogP contribution >= 0.6 is 0 Å². The van der Waals surface area contributed by atoms with E-state index in [1.165, 1.54) is 5.56 Å². The number of anilines is 1. The second-order valence-electron chi connectivity index (χ2n) is 5.64. The minimum Gasteiger partial charge on any atom is -0.370 e. The SMILES string of the molecule is CCNc1ncccc1CN1CCC(C)(C(=O)NC)C1. The first-order valence-electron chi connectivity index (χ1n) is 7.21. The quantitative estimate of drug-likeness (QED) is 0.855. The zero-order valence-electron chi connectivity index (χ0n) is 12.6. The number of pyridine rings is 1. The maximum absolute atomic E-state index is 11.9. The summed E-state index contributed by atoms with van der Waals surface area (Å²) in [6, 6.07) is 4.06. The minimum absolute atomic E-state index is 0.137. The molecule has 0 aliphatic carbocycles. The highest BCUT2D eigenvalue weighted by Gasteiger charge is 2.39. The minimum atomic E-state index is -0.269. The molecule has 110 valence electrons. The molecule has 1 aliphatic rings. The molecule has 1 unspecified atom stereocenters. The maximum Gasteiger partial charge on any atom is 0.227 e. The Balaban J connectivity index is 2.04. The first-order valence-corrected chi connectivity index (χ1v) is 7.21. The Morgan fingerprint density at radius 1 is 1.55 bits per heavy atom. The molecule has 5 nitrogen and oxygen atoms in total. The monoisotopic (exact) mass is 276 g/mol.